The minimum absolute atomic E-state index is 0.00228. The number of hydrogen-bond acceptors (Lipinski definition) is 3. The summed E-state index contributed by atoms with van der Waals surface area (Å²) >= 11 is 13.2. The van der Waals surface area contributed by atoms with Crippen molar-refractivity contribution < 1.29 is 9.59 Å². The Hall–Kier alpha value is -1.69. The minimum atomic E-state index is -0.149. The standard InChI is InChI=1S/C18H18Cl2N2O2S/c1-2-3-17(23)21-14-4-6-16(7-5-14)25-11-18(24)22-15-9-12(19)8-13(20)10-15/h4-10H,2-3,11H2,1H3,(H,21,23)(H,22,24). The molecule has 0 spiro atoms. The lowest BCUT2D eigenvalue weighted by molar-refractivity contribution is -0.116. The van der Waals surface area contributed by atoms with E-state index in [0.717, 1.165) is 17.0 Å². The molecule has 2 rings (SSSR count). The molecule has 0 aliphatic heterocycles. The molecule has 0 saturated heterocycles. The molecular formula is C18H18Cl2N2O2S. The van der Waals surface area contributed by atoms with Crippen LogP contribution in [0.5, 0.6) is 0 Å². The molecule has 0 fully saturated rings. The van der Waals surface area contributed by atoms with Crippen LogP contribution in [-0.4, -0.2) is 17.6 Å². The predicted molar refractivity (Wildman–Crippen MR) is 106 cm³/mol. The smallest absolute Gasteiger partial charge is 0.234 e. The Labute approximate surface area is 161 Å². The van der Waals surface area contributed by atoms with Gasteiger partial charge in [0.25, 0.3) is 0 Å². The maximum atomic E-state index is 12.0. The number of thioether (sulfide) groups is 1. The number of amides is 2. The van der Waals surface area contributed by atoms with Gasteiger partial charge in [0, 0.05) is 32.7 Å². The number of halogens is 2. The fourth-order valence-corrected chi connectivity index (χ4v) is 3.28. The second-order valence-corrected chi connectivity index (χ2v) is 7.24. The molecule has 0 radical (unpaired) electrons. The highest BCUT2D eigenvalue weighted by Gasteiger charge is 2.06. The molecule has 132 valence electrons. The zero-order chi connectivity index (χ0) is 18.2. The van der Waals surface area contributed by atoms with Crippen molar-refractivity contribution in [2.24, 2.45) is 0 Å². The van der Waals surface area contributed by atoms with Gasteiger partial charge in [0.1, 0.15) is 0 Å². The zero-order valence-electron chi connectivity index (χ0n) is 13.6. The first kappa shape index (κ1) is 19.6. The van der Waals surface area contributed by atoms with Gasteiger partial charge in [-0.1, -0.05) is 30.1 Å². The summed E-state index contributed by atoms with van der Waals surface area (Å²) in [6, 6.07) is 12.3. The molecular weight excluding hydrogens is 379 g/mol. The molecule has 0 unspecified atom stereocenters. The first-order valence-electron chi connectivity index (χ1n) is 7.75. The lowest BCUT2D eigenvalue weighted by Gasteiger charge is -2.07. The molecule has 0 aromatic heterocycles. The average molecular weight is 397 g/mol. The van der Waals surface area contributed by atoms with E-state index in [1.165, 1.54) is 11.8 Å². The van der Waals surface area contributed by atoms with Crippen molar-refractivity contribution in [3.63, 3.8) is 0 Å². The van der Waals surface area contributed by atoms with Crippen LogP contribution in [-0.2, 0) is 9.59 Å². The number of rotatable bonds is 7. The van der Waals surface area contributed by atoms with Gasteiger partial charge in [0.05, 0.1) is 5.75 Å². The Kier molecular flexibility index (Phi) is 7.62. The molecule has 4 nitrogen and oxygen atoms in total. The topological polar surface area (TPSA) is 58.2 Å². The van der Waals surface area contributed by atoms with E-state index in [0.29, 0.717) is 22.2 Å². The summed E-state index contributed by atoms with van der Waals surface area (Å²) in [5.74, 6) is 0.109. The van der Waals surface area contributed by atoms with Gasteiger partial charge in [0.2, 0.25) is 11.8 Å². The monoisotopic (exact) mass is 396 g/mol. The van der Waals surface area contributed by atoms with Gasteiger partial charge in [-0.3, -0.25) is 9.59 Å². The molecule has 0 atom stereocenters. The van der Waals surface area contributed by atoms with Gasteiger partial charge in [-0.15, -0.1) is 11.8 Å². The number of anilines is 2. The van der Waals surface area contributed by atoms with E-state index in [-0.39, 0.29) is 17.6 Å². The van der Waals surface area contributed by atoms with Gasteiger partial charge in [-0.2, -0.15) is 0 Å². The third kappa shape index (κ3) is 6.98. The average Bonchev–Trinajstić information content (AvgIpc) is 2.53. The van der Waals surface area contributed by atoms with E-state index in [4.69, 9.17) is 23.2 Å². The van der Waals surface area contributed by atoms with Crippen molar-refractivity contribution in [3.8, 4) is 0 Å². The Morgan fingerprint density at radius 2 is 1.52 bits per heavy atom. The zero-order valence-corrected chi connectivity index (χ0v) is 16.0. The van der Waals surface area contributed by atoms with Crippen molar-refractivity contribution in [2.45, 2.75) is 24.7 Å². The van der Waals surface area contributed by atoms with E-state index in [1.807, 2.05) is 31.2 Å². The van der Waals surface area contributed by atoms with E-state index < -0.39 is 0 Å². The molecule has 0 saturated carbocycles. The molecule has 0 bridgehead atoms. The van der Waals surface area contributed by atoms with E-state index in [2.05, 4.69) is 10.6 Å². The van der Waals surface area contributed by atoms with Crippen LogP contribution in [0.3, 0.4) is 0 Å². The van der Waals surface area contributed by atoms with Gasteiger partial charge in [0.15, 0.2) is 0 Å². The number of benzene rings is 2. The Morgan fingerprint density at radius 1 is 0.920 bits per heavy atom. The molecule has 0 aliphatic rings. The molecule has 2 N–H and O–H groups in total. The number of nitrogens with one attached hydrogen (secondary N) is 2. The van der Waals surface area contributed by atoms with E-state index >= 15 is 0 Å². The van der Waals surface area contributed by atoms with Crippen LogP contribution >= 0.6 is 35.0 Å². The molecule has 0 heterocycles. The number of hydrogen-bond donors (Lipinski definition) is 2. The number of carbonyl (C=O) groups is 2. The minimum Gasteiger partial charge on any atom is -0.326 e. The van der Waals surface area contributed by atoms with Crippen LogP contribution < -0.4 is 10.6 Å². The molecule has 0 aliphatic carbocycles. The molecule has 2 amide bonds. The van der Waals surface area contributed by atoms with Crippen molar-refractivity contribution in [2.75, 3.05) is 16.4 Å². The summed E-state index contributed by atoms with van der Waals surface area (Å²) in [6.45, 7) is 1.96. The summed E-state index contributed by atoms with van der Waals surface area (Å²) in [5, 5.41) is 6.52. The Morgan fingerprint density at radius 3 is 2.12 bits per heavy atom. The summed E-state index contributed by atoms with van der Waals surface area (Å²) in [6.07, 6.45) is 1.32. The predicted octanol–water partition coefficient (Wildman–Crippen LogP) is 5.46. The summed E-state index contributed by atoms with van der Waals surface area (Å²) in [5.41, 5.74) is 1.32. The first-order chi connectivity index (χ1) is 12.0. The van der Waals surface area contributed by atoms with Crippen molar-refractivity contribution in [1.29, 1.82) is 0 Å². The lowest BCUT2D eigenvalue weighted by Crippen LogP contribution is -2.14. The second-order valence-electron chi connectivity index (χ2n) is 5.32. The highest BCUT2D eigenvalue weighted by molar-refractivity contribution is 8.00. The van der Waals surface area contributed by atoms with Crippen molar-refractivity contribution >= 4 is 58.2 Å². The molecule has 2 aromatic rings. The first-order valence-corrected chi connectivity index (χ1v) is 9.49. The highest BCUT2D eigenvalue weighted by atomic mass is 35.5. The van der Waals surface area contributed by atoms with Crippen LogP contribution in [0.25, 0.3) is 0 Å². The molecule has 7 heteroatoms. The normalized spacial score (nSPS) is 10.4. The van der Waals surface area contributed by atoms with Gasteiger partial charge >= 0.3 is 0 Å². The largest absolute Gasteiger partial charge is 0.326 e. The highest BCUT2D eigenvalue weighted by Crippen LogP contribution is 2.24. The fraction of sp³-hybridized carbons (Fsp3) is 0.222. The van der Waals surface area contributed by atoms with Crippen molar-refractivity contribution in [3.05, 3.63) is 52.5 Å². The van der Waals surface area contributed by atoms with E-state index in [9.17, 15) is 9.59 Å². The Bertz CT molecular complexity index is 731. The van der Waals surface area contributed by atoms with Gasteiger partial charge in [-0.25, -0.2) is 0 Å². The summed E-state index contributed by atoms with van der Waals surface area (Å²) in [7, 11) is 0. The maximum Gasteiger partial charge on any atom is 0.234 e. The molecule has 2 aromatic carbocycles. The lowest BCUT2D eigenvalue weighted by atomic mass is 10.3. The number of carbonyl (C=O) groups excluding carboxylic acids is 2. The van der Waals surface area contributed by atoms with Crippen LogP contribution in [0.4, 0.5) is 11.4 Å². The van der Waals surface area contributed by atoms with Crippen molar-refractivity contribution in [1.82, 2.24) is 0 Å². The third-order valence-corrected chi connectivity index (χ3v) is 4.58. The Balaban J connectivity index is 1.84. The fourth-order valence-electron chi connectivity index (χ4n) is 2.06. The van der Waals surface area contributed by atoms with Crippen LogP contribution in [0.1, 0.15) is 19.8 Å². The van der Waals surface area contributed by atoms with E-state index in [1.54, 1.807) is 18.2 Å². The summed E-state index contributed by atoms with van der Waals surface area (Å²) < 4.78 is 0. The SMILES string of the molecule is CCCC(=O)Nc1ccc(SCC(=O)Nc2cc(Cl)cc(Cl)c2)cc1. The maximum absolute atomic E-state index is 12.0. The van der Waals surface area contributed by atoms with Crippen LogP contribution in [0, 0.1) is 0 Å². The van der Waals surface area contributed by atoms with Crippen LogP contribution in [0.15, 0.2) is 47.4 Å². The van der Waals surface area contributed by atoms with Crippen LogP contribution in [0.2, 0.25) is 10.0 Å². The van der Waals surface area contributed by atoms with Gasteiger partial charge < -0.3 is 10.6 Å². The van der Waals surface area contributed by atoms with Gasteiger partial charge in [-0.05, 0) is 48.9 Å². The molecule has 25 heavy (non-hydrogen) atoms. The third-order valence-electron chi connectivity index (χ3n) is 3.13. The quantitative estimate of drug-likeness (QED) is 0.610. The summed E-state index contributed by atoms with van der Waals surface area (Å²) in [4.78, 5) is 24.5. The second kappa shape index (κ2) is 9.70.